The first-order valence-electron chi connectivity index (χ1n) is 6.65. The first-order chi connectivity index (χ1) is 9.86. The van der Waals surface area contributed by atoms with Gasteiger partial charge in [0.1, 0.15) is 0 Å². The minimum atomic E-state index is -5.84. The van der Waals surface area contributed by atoms with E-state index in [0.717, 1.165) is 26.7 Å². The van der Waals surface area contributed by atoms with Gasteiger partial charge < -0.3 is 9.47 Å². The second kappa shape index (κ2) is 7.73. The van der Waals surface area contributed by atoms with Crippen molar-refractivity contribution in [1.29, 1.82) is 0 Å². The van der Waals surface area contributed by atoms with Gasteiger partial charge in [-0.15, -0.1) is 0 Å². The fourth-order valence-electron chi connectivity index (χ4n) is 1.20. The molecule has 22 heavy (non-hydrogen) atoms. The maximum absolute atomic E-state index is 12.6. The molecule has 0 N–H and O–H groups in total. The molecule has 0 radical (unpaired) electrons. The highest BCUT2D eigenvalue weighted by molar-refractivity contribution is 5.99. The van der Waals surface area contributed by atoms with Crippen LogP contribution in [0, 0.1) is 5.41 Å². The smallest absolute Gasteiger partial charge is 0.456 e. The van der Waals surface area contributed by atoms with Crippen molar-refractivity contribution in [3.8, 4) is 0 Å². The Kier molecular flexibility index (Phi) is 7.24. The molecule has 0 heterocycles. The van der Waals surface area contributed by atoms with Crippen LogP contribution in [-0.2, 0) is 19.1 Å². The topological polar surface area (TPSA) is 52.6 Å². The molecule has 0 aliphatic heterocycles. The van der Waals surface area contributed by atoms with Crippen LogP contribution in [0.25, 0.3) is 0 Å². The van der Waals surface area contributed by atoms with Gasteiger partial charge in [-0.3, -0.25) is 9.59 Å². The number of hydrogen-bond acceptors (Lipinski definition) is 4. The molecule has 4 nitrogen and oxygen atoms in total. The summed E-state index contributed by atoms with van der Waals surface area (Å²) in [5, 5.41) is 0. The summed E-state index contributed by atoms with van der Waals surface area (Å²) in [7, 11) is 0. The third-order valence-corrected chi connectivity index (χ3v) is 2.80. The molecule has 0 fully saturated rings. The molecule has 130 valence electrons. The zero-order valence-corrected chi connectivity index (χ0v) is 12.6. The van der Waals surface area contributed by atoms with E-state index in [1.165, 1.54) is 0 Å². The standard InChI is InChI=1S/C13H19F5O4/c1-4-5-6-7-21-9(19)11(2,3)10(20)22-8-12(14,15)13(16,17)18/h4-8H2,1-3H3. The van der Waals surface area contributed by atoms with E-state index < -0.39 is 36.1 Å². The summed E-state index contributed by atoms with van der Waals surface area (Å²) in [5.41, 5.74) is -1.96. The second-order valence-electron chi connectivity index (χ2n) is 5.25. The van der Waals surface area contributed by atoms with Gasteiger partial charge in [0, 0.05) is 0 Å². The van der Waals surface area contributed by atoms with Gasteiger partial charge in [0.25, 0.3) is 0 Å². The predicted octanol–water partition coefficient (Wildman–Crippen LogP) is 3.49. The Morgan fingerprint density at radius 3 is 1.86 bits per heavy atom. The van der Waals surface area contributed by atoms with E-state index in [9.17, 15) is 31.5 Å². The van der Waals surface area contributed by atoms with E-state index in [2.05, 4.69) is 4.74 Å². The lowest BCUT2D eigenvalue weighted by Gasteiger charge is -2.24. The molecule has 0 unspecified atom stereocenters. The van der Waals surface area contributed by atoms with Crippen LogP contribution >= 0.6 is 0 Å². The number of carbonyl (C=O) groups excluding carboxylic acids is 2. The molecule has 0 aromatic carbocycles. The van der Waals surface area contributed by atoms with Gasteiger partial charge in [0.2, 0.25) is 0 Å². The summed E-state index contributed by atoms with van der Waals surface area (Å²) in [4.78, 5) is 23.2. The van der Waals surface area contributed by atoms with Crippen LogP contribution in [0.5, 0.6) is 0 Å². The average molecular weight is 334 g/mol. The molecule has 0 aliphatic rings. The number of esters is 2. The number of halogens is 5. The zero-order valence-electron chi connectivity index (χ0n) is 12.6. The van der Waals surface area contributed by atoms with Crippen molar-refractivity contribution in [3.05, 3.63) is 0 Å². The molecule has 9 heteroatoms. The van der Waals surface area contributed by atoms with Gasteiger partial charge >= 0.3 is 24.0 Å². The van der Waals surface area contributed by atoms with Crippen LogP contribution in [0.15, 0.2) is 0 Å². The molecule has 0 rings (SSSR count). The van der Waals surface area contributed by atoms with E-state index in [1.807, 2.05) is 6.92 Å². The molecule has 0 aromatic rings. The Morgan fingerprint density at radius 1 is 0.909 bits per heavy atom. The number of rotatable bonds is 8. The number of hydrogen-bond donors (Lipinski definition) is 0. The SMILES string of the molecule is CCCCCOC(=O)C(C)(C)C(=O)OCC(F)(F)C(F)(F)F. The van der Waals surface area contributed by atoms with Crippen LogP contribution in [-0.4, -0.2) is 37.3 Å². The summed E-state index contributed by atoms with van der Waals surface area (Å²) in [5.74, 6) is -7.72. The van der Waals surface area contributed by atoms with Gasteiger partial charge in [0.05, 0.1) is 6.61 Å². The maximum Gasteiger partial charge on any atom is 0.456 e. The maximum atomic E-state index is 12.6. The summed E-state index contributed by atoms with van der Waals surface area (Å²) in [6.07, 6.45) is -3.62. The molecular weight excluding hydrogens is 315 g/mol. The summed E-state index contributed by atoms with van der Waals surface area (Å²) in [6, 6.07) is 0. The number of alkyl halides is 5. The molecule has 0 aliphatic carbocycles. The molecule has 0 saturated carbocycles. The van der Waals surface area contributed by atoms with E-state index in [4.69, 9.17) is 4.74 Å². The predicted molar refractivity (Wildman–Crippen MR) is 66.2 cm³/mol. The third-order valence-electron chi connectivity index (χ3n) is 2.80. The van der Waals surface area contributed by atoms with Gasteiger partial charge in [-0.2, -0.15) is 22.0 Å². The Morgan fingerprint density at radius 2 is 1.41 bits per heavy atom. The van der Waals surface area contributed by atoms with Crippen molar-refractivity contribution in [2.75, 3.05) is 13.2 Å². The quantitative estimate of drug-likeness (QED) is 0.295. The fraction of sp³-hybridized carbons (Fsp3) is 0.846. The van der Waals surface area contributed by atoms with Crippen molar-refractivity contribution in [2.45, 2.75) is 52.1 Å². The van der Waals surface area contributed by atoms with Crippen LogP contribution in [0.1, 0.15) is 40.0 Å². The summed E-state index contributed by atoms with van der Waals surface area (Å²) >= 11 is 0. The van der Waals surface area contributed by atoms with Crippen molar-refractivity contribution in [1.82, 2.24) is 0 Å². The Labute approximate surface area is 124 Å². The van der Waals surface area contributed by atoms with Gasteiger partial charge in [-0.05, 0) is 20.3 Å². The van der Waals surface area contributed by atoms with Crippen molar-refractivity contribution in [3.63, 3.8) is 0 Å². The van der Waals surface area contributed by atoms with Crippen LogP contribution in [0.3, 0.4) is 0 Å². The molecule has 0 aromatic heterocycles. The molecular formula is C13H19F5O4. The van der Waals surface area contributed by atoms with Crippen LogP contribution in [0.4, 0.5) is 22.0 Å². The molecule has 0 saturated heterocycles. The normalized spacial score (nSPS) is 12.9. The summed E-state index contributed by atoms with van der Waals surface area (Å²) < 4.78 is 69.9. The van der Waals surface area contributed by atoms with Gasteiger partial charge in [0.15, 0.2) is 12.0 Å². The Bertz CT molecular complexity index is 390. The van der Waals surface area contributed by atoms with Gasteiger partial charge in [-0.1, -0.05) is 19.8 Å². The van der Waals surface area contributed by atoms with E-state index >= 15 is 0 Å². The number of carbonyl (C=O) groups is 2. The van der Waals surface area contributed by atoms with Crippen LogP contribution < -0.4 is 0 Å². The zero-order chi connectivity index (χ0) is 17.6. The molecule has 0 bridgehead atoms. The third kappa shape index (κ3) is 5.76. The Hall–Kier alpha value is -1.41. The molecule has 0 spiro atoms. The highest BCUT2D eigenvalue weighted by atomic mass is 19.4. The first kappa shape index (κ1) is 20.6. The average Bonchev–Trinajstić information content (AvgIpc) is 2.39. The highest BCUT2D eigenvalue weighted by Gasteiger charge is 2.59. The van der Waals surface area contributed by atoms with E-state index in [1.54, 1.807) is 0 Å². The van der Waals surface area contributed by atoms with Crippen LogP contribution in [0.2, 0.25) is 0 Å². The first-order valence-corrected chi connectivity index (χ1v) is 6.65. The van der Waals surface area contributed by atoms with Crippen molar-refractivity contribution >= 4 is 11.9 Å². The lowest BCUT2D eigenvalue weighted by molar-refractivity contribution is -0.294. The number of unbranched alkanes of at least 4 members (excludes halogenated alkanes) is 2. The lowest BCUT2D eigenvalue weighted by Crippen LogP contribution is -2.44. The minimum absolute atomic E-state index is 0.0299. The van der Waals surface area contributed by atoms with E-state index in [0.29, 0.717) is 6.42 Å². The fourth-order valence-corrected chi connectivity index (χ4v) is 1.20. The Balaban J connectivity index is 4.53. The summed E-state index contributed by atoms with van der Waals surface area (Å²) in [6.45, 7) is 1.83. The molecule has 0 atom stereocenters. The molecule has 0 amide bonds. The largest absolute Gasteiger partial charge is 0.465 e. The van der Waals surface area contributed by atoms with Gasteiger partial charge in [-0.25, -0.2) is 0 Å². The number of ether oxygens (including phenoxy) is 2. The second-order valence-corrected chi connectivity index (χ2v) is 5.25. The van der Waals surface area contributed by atoms with Crippen molar-refractivity contribution in [2.24, 2.45) is 5.41 Å². The highest BCUT2D eigenvalue weighted by Crippen LogP contribution is 2.36. The monoisotopic (exact) mass is 334 g/mol. The minimum Gasteiger partial charge on any atom is -0.465 e. The van der Waals surface area contributed by atoms with Crippen molar-refractivity contribution < 1.29 is 41.0 Å². The lowest BCUT2D eigenvalue weighted by atomic mass is 9.94. The van der Waals surface area contributed by atoms with E-state index in [-0.39, 0.29) is 6.61 Å².